The number of nitrogens with one attached hydrogen (secondary N) is 1. The van der Waals surface area contributed by atoms with Crippen LogP contribution in [-0.2, 0) is 4.74 Å². The van der Waals surface area contributed by atoms with Gasteiger partial charge in [-0.05, 0) is 55.4 Å². The van der Waals surface area contributed by atoms with Gasteiger partial charge in [0.25, 0.3) is 0 Å². The quantitative estimate of drug-likeness (QED) is 0.775. The van der Waals surface area contributed by atoms with Crippen LogP contribution >= 0.6 is 0 Å². The highest BCUT2D eigenvalue weighted by atomic mass is 16.5. The molecule has 20 heavy (non-hydrogen) atoms. The minimum absolute atomic E-state index is 0.185. The third kappa shape index (κ3) is 5.04. The summed E-state index contributed by atoms with van der Waals surface area (Å²) >= 11 is 0. The predicted octanol–water partition coefficient (Wildman–Crippen LogP) is 4.49. The van der Waals surface area contributed by atoms with Crippen molar-refractivity contribution >= 4 is 0 Å². The van der Waals surface area contributed by atoms with Gasteiger partial charge in [0, 0.05) is 13.2 Å². The maximum absolute atomic E-state index is 5.94. The fraction of sp³-hybridized carbons (Fsp3) is 1.00. The van der Waals surface area contributed by atoms with E-state index in [2.05, 4.69) is 46.9 Å². The van der Waals surface area contributed by atoms with E-state index in [-0.39, 0.29) is 11.5 Å². The fourth-order valence-corrected chi connectivity index (χ4v) is 4.17. The van der Waals surface area contributed by atoms with E-state index < -0.39 is 0 Å². The molecule has 1 saturated carbocycles. The van der Waals surface area contributed by atoms with Gasteiger partial charge in [0.2, 0.25) is 0 Å². The Morgan fingerprint density at radius 3 is 2.05 bits per heavy atom. The summed E-state index contributed by atoms with van der Waals surface area (Å²) in [7, 11) is 1.88. The molecular weight excluding hydrogens is 246 g/mol. The first-order valence-electron chi connectivity index (χ1n) is 8.55. The normalized spacial score (nSPS) is 31.1. The third-order valence-electron chi connectivity index (χ3n) is 4.79. The second-order valence-corrected chi connectivity index (χ2v) is 8.18. The van der Waals surface area contributed by atoms with Crippen molar-refractivity contribution in [3.63, 3.8) is 0 Å². The lowest BCUT2D eigenvalue weighted by atomic mass is 9.69. The first-order chi connectivity index (χ1) is 9.29. The Morgan fingerprint density at radius 1 is 1.10 bits per heavy atom. The molecule has 1 aliphatic rings. The molecule has 0 aliphatic heterocycles. The summed E-state index contributed by atoms with van der Waals surface area (Å²) in [5, 5.41) is 3.81. The van der Waals surface area contributed by atoms with Crippen LogP contribution < -0.4 is 5.32 Å². The van der Waals surface area contributed by atoms with Crippen molar-refractivity contribution in [1.82, 2.24) is 5.32 Å². The number of rotatable bonds is 6. The lowest BCUT2D eigenvalue weighted by Gasteiger charge is -2.44. The Kier molecular flexibility index (Phi) is 7.00. The van der Waals surface area contributed by atoms with Crippen LogP contribution in [0.25, 0.3) is 0 Å². The molecular formula is C18H37NO. The van der Waals surface area contributed by atoms with Crippen molar-refractivity contribution in [1.29, 1.82) is 0 Å². The van der Waals surface area contributed by atoms with Crippen LogP contribution in [-0.4, -0.2) is 25.8 Å². The molecule has 0 heterocycles. The number of hydrogen-bond donors (Lipinski definition) is 1. The molecule has 4 unspecified atom stereocenters. The van der Waals surface area contributed by atoms with Crippen molar-refractivity contribution in [3.8, 4) is 0 Å². The summed E-state index contributed by atoms with van der Waals surface area (Å²) in [6.07, 6.45) is 5.57. The van der Waals surface area contributed by atoms with Gasteiger partial charge < -0.3 is 10.1 Å². The molecule has 2 heteroatoms. The molecule has 0 aromatic carbocycles. The van der Waals surface area contributed by atoms with Gasteiger partial charge in [0.05, 0.1) is 6.10 Å². The molecule has 0 saturated heterocycles. The minimum atomic E-state index is 0.185. The second kappa shape index (κ2) is 7.79. The highest BCUT2D eigenvalue weighted by Crippen LogP contribution is 2.38. The van der Waals surface area contributed by atoms with Gasteiger partial charge in [0.15, 0.2) is 0 Å². The maximum Gasteiger partial charge on any atom is 0.0775 e. The summed E-state index contributed by atoms with van der Waals surface area (Å²) in [5.41, 5.74) is 0.185. The molecule has 1 fully saturated rings. The Labute approximate surface area is 127 Å². The molecule has 4 atom stereocenters. The molecule has 1 aliphatic carbocycles. The Balaban J connectivity index is 2.86. The van der Waals surface area contributed by atoms with Gasteiger partial charge in [-0.15, -0.1) is 0 Å². The molecule has 1 N–H and O–H groups in total. The average molecular weight is 284 g/mol. The number of methoxy groups -OCH3 is 1. The van der Waals surface area contributed by atoms with Crippen LogP contribution in [0.5, 0.6) is 0 Å². The van der Waals surface area contributed by atoms with Crippen LogP contribution in [0.2, 0.25) is 0 Å². The van der Waals surface area contributed by atoms with Crippen molar-refractivity contribution < 1.29 is 4.74 Å². The lowest BCUT2D eigenvalue weighted by Crippen LogP contribution is -2.53. The molecule has 1 rings (SSSR count). The van der Waals surface area contributed by atoms with Crippen LogP contribution in [0.1, 0.15) is 67.2 Å². The van der Waals surface area contributed by atoms with Gasteiger partial charge in [-0.3, -0.25) is 0 Å². The summed E-state index contributed by atoms with van der Waals surface area (Å²) in [4.78, 5) is 0. The van der Waals surface area contributed by atoms with Crippen LogP contribution in [0.4, 0.5) is 0 Å². The van der Waals surface area contributed by atoms with Crippen molar-refractivity contribution in [2.75, 3.05) is 13.7 Å². The van der Waals surface area contributed by atoms with Gasteiger partial charge in [-0.25, -0.2) is 0 Å². The molecule has 0 aromatic rings. The van der Waals surface area contributed by atoms with E-state index in [1.54, 1.807) is 0 Å². The van der Waals surface area contributed by atoms with E-state index in [0.717, 1.165) is 24.3 Å². The largest absolute Gasteiger partial charge is 0.379 e. The topological polar surface area (TPSA) is 21.3 Å². The monoisotopic (exact) mass is 283 g/mol. The van der Waals surface area contributed by atoms with Crippen LogP contribution in [0, 0.1) is 23.2 Å². The predicted molar refractivity (Wildman–Crippen MR) is 88.0 cm³/mol. The van der Waals surface area contributed by atoms with E-state index >= 15 is 0 Å². The smallest absolute Gasteiger partial charge is 0.0775 e. The van der Waals surface area contributed by atoms with E-state index in [1.807, 2.05) is 7.11 Å². The summed E-state index contributed by atoms with van der Waals surface area (Å²) in [6.45, 7) is 15.1. The van der Waals surface area contributed by atoms with Crippen LogP contribution in [0.3, 0.4) is 0 Å². The van der Waals surface area contributed by atoms with Crippen molar-refractivity contribution in [3.05, 3.63) is 0 Å². The standard InChI is InChI=1S/C18H37NO/c1-8-9-19-16(17(20-7)18(4,5)6)15-11-13(2)10-14(3)12-15/h13-17,19H,8-12H2,1-7H3. The molecule has 0 amide bonds. The minimum Gasteiger partial charge on any atom is -0.379 e. The Hall–Kier alpha value is -0.0800. The molecule has 120 valence electrons. The zero-order chi connectivity index (χ0) is 15.3. The van der Waals surface area contributed by atoms with Gasteiger partial charge in [-0.1, -0.05) is 41.5 Å². The molecule has 0 bridgehead atoms. The summed E-state index contributed by atoms with van der Waals surface area (Å²) in [6, 6.07) is 0.491. The van der Waals surface area contributed by atoms with E-state index in [0.29, 0.717) is 6.04 Å². The zero-order valence-corrected chi connectivity index (χ0v) is 14.8. The van der Waals surface area contributed by atoms with E-state index in [1.165, 1.54) is 25.7 Å². The zero-order valence-electron chi connectivity index (χ0n) is 14.8. The number of hydrogen-bond acceptors (Lipinski definition) is 2. The van der Waals surface area contributed by atoms with Crippen molar-refractivity contribution in [2.45, 2.75) is 79.4 Å². The lowest BCUT2D eigenvalue weighted by molar-refractivity contribution is -0.0366. The molecule has 0 spiro atoms. The Morgan fingerprint density at radius 2 is 1.65 bits per heavy atom. The summed E-state index contributed by atoms with van der Waals surface area (Å²) in [5.74, 6) is 2.46. The number of ether oxygens (including phenoxy) is 1. The molecule has 2 nitrogen and oxygen atoms in total. The van der Waals surface area contributed by atoms with Crippen molar-refractivity contribution in [2.24, 2.45) is 23.2 Å². The average Bonchev–Trinajstić information content (AvgIpc) is 2.31. The van der Waals surface area contributed by atoms with E-state index in [9.17, 15) is 0 Å². The Bertz CT molecular complexity index is 261. The first kappa shape index (κ1) is 18.0. The highest BCUT2D eigenvalue weighted by Gasteiger charge is 2.39. The molecule has 0 aromatic heterocycles. The van der Waals surface area contributed by atoms with Crippen LogP contribution in [0.15, 0.2) is 0 Å². The maximum atomic E-state index is 5.94. The van der Waals surface area contributed by atoms with Gasteiger partial charge >= 0.3 is 0 Å². The highest BCUT2D eigenvalue weighted by molar-refractivity contribution is 4.93. The van der Waals surface area contributed by atoms with Gasteiger partial charge in [0.1, 0.15) is 0 Å². The third-order valence-corrected chi connectivity index (χ3v) is 4.79. The second-order valence-electron chi connectivity index (χ2n) is 8.18. The van der Waals surface area contributed by atoms with E-state index in [4.69, 9.17) is 4.74 Å². The van der Waals surface area contributed by atoms with Gasteiger partial charge in [-0.2, -0.15) is 0 Å². The SMILES string of the molecule is CCCNC(C1CC(C)CC(C)C1)C(OC)C(C)(C)C. The molecule has 0 radical (unpaired) electrons. The summed E-state index contributed by atoms with van der Waals surface area (Å²) < 4.78 is 5.94. The first-order valence-corrected chi connectivity index (χ1v) is 8.55. The fourth-order valence-electron chi connectivity index (χ4n) is 4.17.